The van der Waals surface area contributed by atoms with E-state index in [9.17, 15) is 13.2 Å². The van der Waals surface area contributed by atoms with E-state index in [1.807, 2.05) is 17.5 Å². The van der Waals surface area contributed by atoms with Crippen molar-refractivity contribution in [3.05, 3.63) is 41.3 Å². The normalized spacial score (nSPS) is 11.3. The predicted molar refractivity (Wildman–Crippen MR) is 86.2 cm³/mol. The quantitative estimate of drug-likeness (QED) is 0.817. The van der Waals surface area contributed by atoms with Crippen LogP contribution in [0.2, 0.25) is 0 Å². The molecule has 0 saturated heterocycles. The number of carbonyl (C=O) groups excluding carboxylic acids is 1. The number of carbonyl (C=O) groups is 1. The van der Waals surface area contributed by atoms with Gasteiger partial charge in [-0.2, -0.15) is 0 Å². The van der Waals surface area contributed by atoms with E-state index >= 15 is 0 Å². The summed E-state index contributed by atoms with van der Waals surface area (Å²) >= 11 is 3.00. The van der Waals surface area contributed by atoms with E-state index in [0.29, 0.717) is 11.3 Å². The number of aryl methyl sites for hydroxylation is 1. The van der Waals surface area contributed by atoms with Crippen LogP contribution in [0, 0.1) is 6.92 Å². The molecule has 5 nitrogen and oxygen atoms in total. The van der Waals surface area contributed by atoms with Gasteiger partial charge in [-0.25, -0.2) is 13.6 Å². The van der Waals surface area contributed by atoms with E-state index in [-0.39, 0.29) is 16.6 Å². The fourth-order valence-electron chi connectivity index (χ4n) is 1.66. The standard InChI is InChI=1S/C13H14N2O3S3/c1-9-4-5-10(7-11(9)21(14,17)18)15-12(16)8-20-13-3-2-6-19-13/h2-7H,8H2,1H3,(H,15,16)(H2,14,17,18). The van der Waals surface area contributed by atoms with E-state index in [0.717, 1.165) is 4.21 Å². The van der Waals surface area contributed by atoms with Crippen LogP contribution in [0.15, 0.2) is 44.8 Å². The summed E-state index contributed by atoms with van der Waals surface area (Å²) in [5.74, 6) is 0.0663. The van der Waals surface area contributed by atoms with Gasteiger partial charge in [0.05, 0.1) is 14.9 Å². The minimum absolute atomic E-state index is 0.0196. The van der Waals surface area contributed by atoms with Crippen LogP contribution in [0.4, 0.5) is 5.69 Å². The van der Waals surface area contributed by atoms with Gasteiger partial charge in [-0.1, -0.05) is 12.1 Å². The van der Waals surface area contributed by atoms with Crippen LogP contribution < -0.4 is 10.5 Å². The molecule has 1 aromatic carbocycles. The molecular formula is C13H14N2O3S3. The Hall–Kier alpha value is -1.35. The number of rotatable bonds is 5. The molecule has 0 fully saturated rings. The summed E-state index contributed by atoms with van der Waals surface area (Å²) < 4.78 is 23.9. The first kappa shape index (κ1) is 16.0. The van der Waals surface area contributed by atoms with Crippen LogP contribution in [0.1, 0.15) is 5.56 Å². The average Bonchev–Trinajstić information content (AvgIpc) is 2.90. The Kier molecular flexibility index (Phi) is 5.04. The van der Waals surface area contributed by atoms with Gasteiger partial charge in [-0.05, 0) is 36.1 Å². The maximum atomic E-state index is 11.8. The molecule has 0 saturated carbocycles. The first-order chi connectivity index (χ1) is 9.86. The van der Waals surface area contributed by atoms with Crippen molar-refractivity contribution in [1.82, 2.24) is 0 Å². The highest BCUT2D eigenvalue weighted by Gasteiger charge is 2.13. The zero-order valence-corrected chi connectivity index (χ0v) is 13.6. The lowest BCUT2D eigenvalue weighted by Crippen LogP contribution is -2.17. The number of hydrogen-bond donors (Lipinski definition) is 2. The topological polar surface area (TPSA) is 89.3 Å². The molecule has 2 rings (SSSR count). The van der Waals surface area contributed by atoms with Gasteiger partial charge in [0, 0.05) is 5.69 Å². The van der Waals surface area contributed by atoms with E-state index in [1.165, 1.54) is 17.8 Å². The average molecular weight is 342 g/mol. The summed E-state index contributed by atoms with van der Waals surface area (Å²) in [7, 11) is -3.79. The maximum absolute atomic E-state index is 11.8. The van der Waals surface area contributed by atoms with Gasteiger partial charge < -0.3 is 5.32 Å². The fraction of sp³-hybridized carbons (Fsp3) is 0.154. The number of benzene rings is 1. The predicted octanol–water partition coefficient (Wildman–Crippen LogP) is 2.43. The van der Waals surface area contributed by atoms with Crippen molar-refractivity contribution in [2.24, 2.45) is 5.14 Å². The molecule has 21 heavy (non-hydrogen) atoms. The lowest BCUT2D eigenvalue weighted by Gasteiger charge is -2.08. The van der Waals surface area contributed by atoms with Crippen molar-refractivity contribution in [1.29, 1.82) is 0 Å². The van der Waals surface area contributed by atoms with Crippen LogP contribution in [0.3, 0.4) is 0 Å². The SMILES string of the molecule is Cc1ccc(NC(=O)CSc2cccs2)cc1S(N)(=O)=O. The van der Waals surface area contributed by atoms with Gasteiger partial charge >= 0.3 is 0 Å². The number of nitrogens with two attached hydrogens (primary N) is 1. The molecule has 1 heterocycles. The van der Waals surface area contributed by atoms with Crippen molar-refractivity contribution in [3.63, 3.8) is 0 Å². The summed E-state index contributed by atoms with van der Waals surface area (Å²) in [6, 6.07) is 8.49. The molecule has 0 aliphatic carbocycles. The molecule has 1 aromatic heterocycles. The van der Waals surface area contributed by atoms with Gasteiger partial charge in [-0.3, -0.25) is 4.79 Å². The van der Waals surface area contributed by atoms with Crippen LogP contribution >= 0.6 is 23.1 Å². The number of nitrogens with one attached hydrogen (secondary N) is 1. The first-order valence-electron chi connectivity index (χ1n) is 5.96. The van der Waals surface area contributed by atoms with E-state index in [4.69, 9.17) is 5.14 Å². The maximum Gasteiger partial charge on any atom is 0.238 e. The molecular weight excluding hydrogens is 328 g/mol. The van der Waals surface area contributed by atoms with Gasteiger partial charge in [0.25, 0.3) is 0 Å². The molecule has 1 amide bonds. The number of hydrogen-bond acceptors (Lipinski definition) is 5. The summed E-state index contributed by atoms with van der Waals surface area (Å²) in [6.07, 6.45) is 0. The Balaban J connectivity index is 2.04. The Morgan fingerprint density at radius 1 is 1.38 bits per heavy atom. The monoisotopic (exact) mass is 342 g/mol. The second kappa shape index (κ2) is 6.61. The summed E-state index contributed by atoms with van der Waals surface area (Å²) in [6.45, 7) is 1.65. The molecule has 3 N–H and O–H groups in total. The summed E-state index contributed by atoms with van der Waals surface area (Å²) in [5, 5.41) is 9.75. The second-order valence-corrected chi connectivity index (χ2v) is 8.05. The van der Waals surface area contributed by atoms with Crippen LogP contribution in [0.25, 0.3) is 0 Å². The number of primary sulfonamides is 1. The first-order valence-corrected chi connectivity index (χ1v) is 9.37. The third-order valence-electron chi connectivity index (χ3n) is 2.62. The highest BCUT2D eigenvalue weighted by molar-refractivity contribution is 8.01. The molecule has 0 bridgehead atoms. The summed E-state index contributed by atoms with van der Waals surface area (Å²) in [4.78, 5) is 11.9. The van der Waals surface area contributed by atoms with Crippen LogP contribution in [-0.4, -0.2) is 20.1 Å². The second-order valence-electron chi connectivity index (χ2n) is 4.29. The zero-order chi connectivity index (χ0) is 15.5. The van der Waals surface area contributed by atoms with Crippen molar-refractivity contribution >= 4 is 44.7 Å². The zero-order valence-electron chi connectivity index (χ0n) is 11.2. The van der Waals surface area contributed by atoms with Crippen LogP contribution in [-0.2, 0) is 14.8 Å². The number of sulfonamides is 1. The van der Waals surface area contributed by atoms with Gasteiger partial charge in [0.2, 0.25) is 15.9 Å². The molecule has 0 aliphatic rings. The van der Waals surface area contributed by atoms with Crippen molar-refractivity contribution in [2.45, 2.75) is 16.0 Å². The Morgan fingerprint density at radius 2 is 2.14 bits per heavy atom. The van der Waals surface area contributed by atoms with Gasteiger partial charge in [0.1, 0.15) is 0 Å². The fourth-order valence-corrected chi connectivity index (χ4v) is 4.06. The third-order valence-corrected chi connectivity index (χ3v) is 5.80. The minimum Gasteiger partial charge on any atom is -0.325 e. The number of anilines is 1. The van der Waals surface area contributed by atoms with Crippen molar-refractivity contribution < 1.29 is 13.2 Å². The van der Waals surface area contributed by atoms with E-state index < -0.39 is 10.0 Å². The molecule has 0 atom stereocenters. The number of amides is 1. The van der Waals surface area contributed by atoms with Gasteiger partial charge in [-0.15, -0.1) is 23.1 Å². The molecule has 0 radical (unpaired) electrons. The lowest BCUT2D eigenvalue weighted by atomic mass is 10.2. The highest BCUT2D eigenvalue weighted by Crippen LogP contribution is 2.24. The molecule has 2 aromatic rings. The largest absolute Gasteiger partial charge is 0.325 e. The molecule has 0 unspecified atom stereocenters. The molecule has 0 spiro atoms. The molecule has 8 heteroatoms. The number of thiophene rings is 1. The Morgan fingerprint density at radius 3 is 2.76 bits per heavy atom. The highest BCUT2D eigenvalue weighted by atomic mass is 32.2. The number of thioether (sulfide) groups is 1. The Bertz CT molecular complexity index is 740. The van der Waals surface area contributed by atoms with Crippen molar-refractivity contribution in [3.8, 4) is 0 Å². The van der Waals surface area contributed by atoms with E-state index in [2.05, 4.69) is 5.32 Å². The lowest BCUT2D eigenvalue weighted by molar-refractivity contribution is -0.113. The van der Waals surface area contributed by atoms with E-state index in [1.54, 1.807) is 30.4 Å². The Labute approximate surface area is 131 Å². The third kappa shape index (κ3) is 4.57. The van der Waals surface area contributed by atoms with Crippen LogP contribution in [0.5, 0.6) is 0 Å². The molecule has 112 valence electrons. The van der Waals surface area contributed by atoms with Crippen molar-refractivity contribution in [2.75, 3.05) is 11.1 Å². The smallest absolute Gasteiger partial charge is 0.238 e. The minimum atomic E-state index is -3.79. The summed E-state index contributed by atoms with van der Waals surface area (Å²) in [5.41, 5.74) is 0.963. The van der Waals surface area contributed by atoms with Gasteiger partial charge in [0.15, 0.2) is 0 Å². The molecule has 0 aliphatic heterocycles.